The van der Waals surface area contributed by atoms with Crippen LogP contribution in [-0.2, 0) is 4.79 Å². The van der Waals surface area contributed by atoms with Crippen molar-refractivity contribution in [1.82, 2.24) is 10.2 Å². The largest absolute Gasteiger partial charge is 0.357 e. The molecular formula is C10H20N2O. The smallest absolute Gasteiger partial charge is 0.207 e. The van der Waals surface area contributed by atoms with Gasteiger partial charge in [-0.2, -0.15) is 0 Å². The lowest BCUT2D eigenvalue weighted by Crippen LogP contribution is -2.37. The van der Waals surface area contributed by atoms with Crippen LogP contribution in [0.4, 0.5) is 0 Å². The molecule has 1 heterocycles. The van der Waals surface area contributed by atoms with E-state index in [-0.39, 0.29) is 0 Å². The number of likely N-dealkylation sites (tertiary alicyclic amines) is 1. The highest BCUT2D eigenvalue weighted by Crippen LogP contribution is 2.19. The predicted molar refractivity (Wildman–Crippen MR) is 53.5 cm³/mol. The first-order valence-electron chi connectivity index (χ1n) is 5.26. The lowest BCUT2D eigenvalue weighted by molar-refractivity contribution is -0.109. The Bertz CT molecular complexity index is 142. The molecule has 1 fully saturated rings. The fourth-order valence-electron chi connectivity index (χ4n) is 1.90. The molecule has 0 aliphatic carbocycles. The summed E-state index contributed by atoms with van der Waals surface area (Å²) < 4.78 is 0. The zero-order valence-corrected chi connectivity index (χ0v) is 8.46. The summed E-state index contributed by atoms with van der Waals surface area (Å²) in [6.07, 6.45) is 4.76. The molecule has 1 amide bonds. The first kappa shape index (κ1) is 10.5. The molecule has 3 heteroatoms. The second-order valence-corrected chi connectivity index (χ2v) is 3.77. The van der Waals surface area contributed by atoms with Crippen molar-refractivity contribution in [1.29, 1.82) is 0 Å². The number of piperidine rings is 1. The van der Waals surface area contributed by atoms with Crippen LogP contribution in [0.25, 0.3) is 0 Å². The van der Waals surface area contributed by atoms with E-state index in [1.165, 1.54) is 32.4 Å². The molecule has 1 aliphatic heterocycles. The van der Waals surface area contributed by atoms with Crippen molar-refractivity contribution in [2.24, 2.45) is 5.92 Å². The van der Waals surface area contributed by atoms with Crippen molar-refractivity contribution in [2.75, 3.05) is 26.2 Å². The van der Waals surface area contributed by atoms with Gasteiger partial charge in [-0.25, -0.2) is 0 Å². The molecule has 0 aromatic carbocycles. The topological polar surface area (TPSA) is 32.3 Å². The van der Waals surface area contributed by atoms with E-state index in [1.807, 2.05) is 0 Å². The number of carbonyl (C=O) groups is 1. The fourth-order valence-corrected chi connectivity index (χ4v) is 1.90. The Morgan fingerprint density at radius 3 is 2.69 bits per heavy atom. The van der Waals surface area contributed by atoms with Gasteiger partial charge < -0.3 is 10.2 Å². The summed E-state index contributed by atoms with van der Waals surface area (Å²) >= 11 is 0. The van der Waals surface area contributed by atoms with Gasteiger partial charge in [-0.05, 0) is 31.8 Å². The summed E-state index contributed by atoms with van der Waals surface area (Å²) in [6.45, 7) is 6.49. The van der Waals surface area contributed by atoms with Crippen molar-refractivity contribution in [3.05, 3.63) is 0 Å². The maximum atomic E-state index is 10.0. The maximum Gasteiger partial charge on any atom is 0.207 e. The van der Waals surface area contributed by atoms with Gasteiger partial charge >= 0.3 is 0 Å². The van der Waals surface area contributed by atoms with E-state index in [0.29, 0.717) is 0 Å². The molecule has 76 valence electrons. The van der Waals surface area contributed by atoms with E-state index < -0.39 is 0 Å². The third-order valence-corrected chi connectivity index (χ3v) is 2.94. The van der Waals surface area contributed by atoms with E-state index >= 15 is 0 Å². The van der Waals surface area contributed by atoms with Gasteiger partial charge in [-0.1, -0.05) is 13.3 Å². The Balaban J connectivity index is 2.06. The molecule has 1 N–H and O–H groups in total. The fraction of sp³-hybridized carbons (Fsp3) is 0.900. The average Bonchev–Trinajstić information content (AvgIpc) is 2.19. The SMILES string of the molecule is CCC1CCN(CCNC=O)CC1. The third-order valence-electron chi connectivity index (χ3n) is 2.94. The standard InChI is InChI=1S/C10H20N2O/c1-2-10-3-6-12(7-4-10)8-5-11-9-13/h9-10H,2-8H2,1H3,(H,11,13). The molecular weight excluding hydrogens is 164 g/mol. The minimum Gasteiger partial charge on any atom is -0.357 e. The Hall–Kier alpha value is -0.570. The predicted octanol–water partition coefficient (Wildman–Crippen LogP) is 0.854. The van der Waals surface area contributed by atoms with Crippen LogP contribution in [0, 0.1) is 5.92 Å². The van der Waals surface area contributed by atoms with E-state index in [9.17, 15) is 4.79 Å². The normalized spacial score (nSPS) is 20.1. The molecule has 1 aliphatic rings. The van der Waals surface area contributed by atoms with E-state index in [0.717, 1.165) is 25.4 Å². The second-order valence-electron chi connectivity index (χ2n) is 3.77. The summed E-state index contributed by atoms with van der Waals surface area (Å²) in [7, 11) is 0. The molecule has 0 saturated carbocycles. The van der Waals surface area contributed by atoms with Gasteiger partial charge in [-0.3, -0.25) is 4.79 Å². The Labute approximate surface area is 80.5 Å². The molecule has 0 aromatic heterocycles. The third kappa shape index (κ3) is 3.77. The summed E-state index contributed by atoms with van der Waals surface area (Å²) in [5.41, 5.74) is 0. The van der Waals surface area contributed by atoms with E-state index in [1.54, 1.807) is 0 Å². The van der Waals surface area contributed by atoms with Crippen molar-refractivity contribution in [3.63, 3.8) is 0 Å². The summed E-state index contributed by atoms with van der Waals surface area (Å²) in [5, 5.41) is 2.70. The lowest BCUT2D eigenvalue weighted by Gasteiger charge is -2.31. The van der Waals surface area contributed by atoms with Crippen molar-refractivity contribution in [2.45, 2.75) is 26.2 Å². The van der Waals surface area contributed by atoms with Crippen molar-refractivity contribution >= 4 is 6.41 Å². The highest BCUT2D eigenvalue weighted by molar-refractivity contribution is 5.45. The molecule has 13 heavy (non-hydrogen) atoms. The highest BCUT2D eigenvalue weighted by Gasteiger charge is 2.16. The number of hydrogen-bond donors (Lipinski definition) is 1. The molecule has 0 radical (unpaired) electrons. The first-order valence-corrected chi connectivity index (χ1v) is 5.26. The van der Waals surface area contributed by atoms with Crippen LogP contribution >= 0.6 is 0 Å². The van der Waals surface area contributed by atoms with Gasteiger partial charge in [0.2, 0.25) is 6.41 Å². The molecule has 0 spiro atoms. The quantitative estimate of drug-likeness (QED) is 0.507. The number of carbonyl (C=O) groups excluding carboxylic acids is 1. The van der Waals surface area contributed by atoms with Crippen LogP contribution in [0.5, 0.6) is 0 Å². The van der Waals surface area contributed by atoms with Gasteiger partial charge in [0.25, 0.3) is 0 Å². The van der Waals surface area contributed by atoms with Crippen LogP contribution in [0.3, 0.4) is 0 Å². The van der Waals surface area contributed by atoms with Gasteiger partial charge in [0.1, 0.15) is 0 Å². The van der Waals surface area contributed by atoms with Crippen LogP contribution in [0.2, 0.25) is 0 Å². The molecule has 0 unspecified atom stereocenters. The van der Waals surface area contributed by atoms with Gasteiger partial charge in [-0.15, -0.1) is 0 Å². The second kappa shape index (κ2) is 5.97. The van der Waals surface area contributed by atoms with Crippen LogP contribution in [-0.4, -0.2) is 37.5 Å². The number of nitrogens with one attached hydrogen (secondary N) is 1. The average molecular weight is 184 g/mol. The molecule has 1 rings (SSSR count). The Morgan fingerprint density at radius 2 is 2.15 bits per heavy atom. The van der Waals surface area contributed by atoms with Gasteiger partial charge in [0.05, 0.1) is 0 Å². The van der Waals surface area contributed by atoms with Crippen molar-refractivity contribution < 1.29 is 4.79 Å². The number of hydrogen-bond acceptors (Lipinski definition) is 2. The van der Waals surface area contributed by atoms with Crippen molar-refractivity contribution in [3.8, 4) is 0 Å². The summed E-state index contributed by atoms with van der Waals surface area (Å²) in [6, 6.07) is 0. The van der Waals surface area contributed by atoms with Gasteiger partial charge in [0, 0.05) is 13.1 Å². The summed E-state index contributed by atoms with van der Waals surface area (Å²) in [5.74, 6) is 0.940. The molecule has 0 bridgehead atoms. The van der Waals surface area contributed by atoms with E-state index in [4.69, 9.17) is 0 Å². The van der Waals surface area contributed by atoms with Crippen LogP contribution in [0.15, 0.2) is 0 Å². The highest BCUT2D eigenvalue weighted by atomic mass is 16.1. The number of rotatable bonds is 5. The zero-order chi connectivity index (χ0) is 9.52. The first-order chi connectivity index (χ1) is 6.36. The molecule has 1 saturated heterocycles. The monoisotopic (exact) mass is 184 g/mol. The van der Waals surface area contributed by atoms with E-state index in [2.05, 4.69) is 17.1 Å². The lowest BCUT2D eigenvalue weighted by atomic mass is 9.94. The molecule has 0 aromatic rings. The zero-order valence-electron chi connectivity index (χ0n) is 8.46. The summed E-state index contributed by atoms with van der Waals surface area (Å²) in [4.78, 5) is 12.4. The van der Waals surface area contributed by atoms with Gasteiger partial charge in [0.15, 0.2) is 0 Å². The minimum atomic E-state index is 0.777. The molecule has 0 atom stereocenters. The number of nitrogens with zero attached hydrogens (tertiary/aromatic N) is 1. The molecule has 3 nitrogen and oxygen atoms in total. The Morgan fingerprint density at radius 1 is 1.46 bits per heavy atom. The van der Waals surface area contributed by atoms with Crippen LogP contribution < -0.4 is 5.32 Å². The number of amides is 1. The Kier molecular flexibility index (Phi) is 4.83. The minimum absolute atomic E-state index is 0.777. The maximum absolute atomic E-state index is 10.0. The van der Waals surface area contributed by atoms with Crippen LogP contribution in [0.1, 0.15) is 26.2 Å².